The molecule has 1 aromatic carbocycles. The van der Waals surface area contributed by atoms with Crippen molar-refractivity contribution in [2.24, 2.45) is 0 Å². The second-order valence-electron chi connectivity index (χ2n) is 4.77. The summed E-state index contributed by atoms with van der Waals surface area (Å²) in [5, 5.41) is 0.688. The number of hydrogen-bond donors (Lipinski definition) is 0. The molecule has 0 unspecified atom stereocenters. The predicted octanol–water partition coefficient (Wildman–Crippen LogP) is 3.55. The van der Waals surface area contributed by atoms with E-state index in [1.54, 1.807) is 48.7 Å². The summed E-state index contributed by atoms with van der Waals surface area (Å²) < 4.78 is 26.8. The molecular weight excluding hydrogens is 357 g/mol. The van der Waals surface area contributed by atoms with E-state index in [-0.39, 0.29) is 16.1 Å². The van der Waals surface area contributed by atoms with Gasteiger partial charge in [-0.25, -0.2) is 18.4 Å². The summed E-state index contributed by atoms with van der Waals surface area (Å²) >= 11 is 11.8. The van der Waals surface area contributed by atoms with Gasteiger partial charge in [-0.1, -0.05) is 35.3 Å². The number of aromatic nitrogens is 3. The number of nitrogens with zero attached hydrogens (tertiary/aromatic N) is 3. The Bertz CT molecular complexity index is 955. The lowest BCUT2D eigenvalue weighted by Gasteiger charge is -2.09. The van der Waals surface area contributed by atoms with E-state index < -0.39 is 9.84 Å². The van der Waals surface area contributed by atoms with Crippen molar-refractivity contribution in [2.45, 2.75) is 10.9 Å². The molecule has 8 heteroatoms. The molecule has 118 valence electrons. The largest absolute Gasteiger partial charge is 0.291 e. The van der Waals surface area contributed by atoms with Crippen molar-refractivity contribution >= 4 is 33.0 Å². The van der Waals surface area contributed by atoms with Crippen LogP contribution in [0.4, 0.5) is 0 Å². The third kappa shape index (κ3) is 3.55. The Balaban J connectivity index is 2.00. The Morgan fingerprint density at radius 2 is 1.87 bits per heavy atom. The van der Waals surface area contributed by atoms with Crippen LogP contribution in [0.5, 0.6) is 0 Å². The summed E-state index contributed by atoms with van der Waals surface area (Å²) in [6.45, 7) is 0. The van der Waals surface area contributed by atoms with Crippen LogP contribution in [-0.4, -0.2) is 23.0 Å². The van der Waals surface area contributed by atoms with Gasteiger partial charge in [0.05, 0.1) is 5.69 Å². The third-order valence-corrected chi connectivity index (χ3v) is 5.06. The number of imidazole rings is 1. The number of halogens is 2. The van der Waals surface area contributed by atoms with Crippen molar-refractivity contribution < 1.29 is 8.42 Å². The highest BCUT2D eigenvalue weighted by Crippen LogP contribution is 2.21. The fourth-order valence-corrected chi connectivity index (χ4v) is 3.86. The molecule has 0 saturated heterocycles. The highest BCUT2D eigenvalue weighted by Gasteiger charge is 2.23. The van der Waals surface area contributed by atoms with E-state index in [2.05, 4.69) is 9.97 Å². The summed E-state index contributed by atoms with van der Waals surface area (Å²) in [4.78, 5) is 8.00. The van der Waals surface area contributed by atoms with Crippen LogP contribution in [0.2, 0.25) is 10.2 Å². The molecule has 3 aromatic rings. The lowest BCUT2D eigenvalue weighted by molar-refractivity contribution is 0.583. The van der Waals surface area contributed by atoms with Gasteiger partial charge in [0.15, 0.2) is 0 Å². The standard InChI is InChI=1S/C15H11Cl2N3O2S/c16-11-3-1-5-13(9-11)20-8-7-18-15(20)23(21,22)10-12-4-2-6-14(17)19-12/h1-9H,10H2. The van der Waals surface area contributed by atoms with Crippen molar-refractivity contribution in [1.82, 2.24) is 14.5 Å². The molecule has 0 spiro atoms. The van der Waals surface area contributed by atoms with Crippen LogP contribution >= 0.6 is 23.2 Å². The van der Waals surface area contributed by atoms with Crippen molar-refractivity contribution in [2.75, 3.05) is 0 Å². The van der Waals surface area contributed by atoms with Gasteiger partial charge in [0.2, 0.25) is 15.0 Å². The second-order valence-corrected chi connectivity index (χ2v) is 7.48. The highest BCUT2D eigenvalue weighted by molar-refractivity contribution is 7.90. The molecule has 0 saturated carbocycles. The monoisotopic (exact) mass is 367 g/mol. The Labute approximate surface area is 143 Å². The summed E-state index contributed by atoms with van der Waals surface area (Å²) in [6, 6.07) is 11.7. The van der Waals surface area contributed by atoms with Crippen LogP contribution in [0.3, 0.4) is 0 Å². The van der Waals surface area contributed by atoms with Crippen molar-refractivity contribution in [3.05, 3.63) is 70.7 Å². The molecular formula is C15H11Cl2N3O2S. The SMILES string of the molecule is O=S(=O)(Cc1cccc(Cl)n1)c1nccn1-c1cccc(Cl)c1. The van der Waals surface area contributed by atoms with Crippen molar-refractivity contribution in [3.8, 4) is 5.69 Å². The van der Waals surface area contributed by atoms with E-state index in [1.165, 1.54) is 10.8 Å². The van der Waals surface area contributed by atoms with Crippen molar-refractivity contribution in [3.63, 3.8) is 0 Å². The molecule has 0 bridgehead atoms. The summed E-state index contributed by atoms with van der Waals surface area (Å²) in [6.07, 6.45) is 3.00. The quantitative estimate of drug-likeness (QED) is 0.661. The minimum atomic E-state index is -3.69. The predicted molar refractivity (Wildman–Crippen MR) is 88.7 cm³/mol. The average molecular weight is 368 g/mol. The number of sulfone groups is 1. The lowest BCUT2D eigenvalue weighted by Crippen LogP contribution is -2.12. The molecule has 0 N–H and O–H groups in total. The Morgan fingerprint density at radius 3 is 2.61 bits per heavy atom. The summed E-state index contributed by atoms with van der Waals surface area (Å²) in [7, 11) is -3.69. The molecule has 0 aliphatic carbocycles. The Hall–Kier alpha value is -1.89. The van der Waals surface area contributed by atoms with Crippen LogP contribution in [0.25, 0.3) is 5.69 Å². The third-order valence-electron chi connectivity index (χ3n) is 3.08. The van der Waals surface area contributed by atoms with E-state index >= 15 is 0 Å². The molecule has 0 fully saturated rings. The zero-order valence-corrected chi connectivity index (χ0v) is 14.1. The molecule has 3 rings (SSSR count). The lowest BCUT2D eigenvalue weighted by atomic mass is 10.3. The van der Waals surface area contributed by atoms with Gasteiger partial charge in [-0.15, -0.1) is 0 Å². The second kappa shape index (κ2) is 6.31. The first-order valence-corrected chi connectivity index (χ1v) is 9.00. The van der Waals surface area contributed by atoms with Gasteiger partial charge in [0.1, 0.15) is 10.9 Å². The smallest absolute Gasteiger partial charge is 0.232 e. The zero-order valence-electron chi connectivity index (χ0n) is 11.7. The van der Waals surface area contributed by atoms with E-state index in [0.717, 1.165) is 0 Å². The van der Waals surface area contributed by atoms with Gasteiger partial charge < -0.3 is 0 Å². The van der Waals surface area contributed by atoms with Crippen molar-refractivity contribution in [1.29, 1.82) is 0 Å². The maximum Gasteiger partial charge on any atom is 0.232 e. The molecule has 2 heterocycles. The molecule has 2 aromatic heterocycles. The normalized spacial score (nSPS) is 11.6. The first kappa shape index (κ1) is 16.0. The van der Waals surface area contributed by atoms with E-state index in [9.17, 15) is 8.42 Å². The van der Waals surface area contributed by atoms with Gasteiger partial charge >= 0.3 is 0 Å². The molecule has 0 aliphatic rings. The molecule has 5 nitrogen and oxygen atoms in total. The number of hydrogen-bond acceptors (Lipinski definition) is 4. The highest BCUT2D eigenvalue weighted by atomic mass is 35.5. The zero-order chi connectivity index (χ0) is 16.4. The van der Waals surface area contributed by atoms with E-state index in [0.29, 0.717) is 16.4 Å². The van der Waals surface area contributed by atoms with E-state index in [4.69, 9.17) is 23.2 Å². The molecule has 0 atom stereocenters. The fourth-order valence-electron chi connectivity index (χ4n) is 2.13. The molecule has 0 radical (unpaired) electrons. The molecule has 0 amide bonds. The van der Waals surface area contributed by atoms with Gasteiger partial charge in [0.25, 0.3) is 0 Å². The van der Waals surface area contributed by atoms with Crippen LogP contribution in [0.15, 0.2) is 60.0 Å². The Morgan fingerprint density at radius 1 is 1.09 bits per heavy atom. The van der Waals surface area contributed by atoms with Gasteiger partial charge in [0, 0.05) is 23.1 Å². The number of benzene rings is 1. The average Bonchev–Trinajstić information content (AvgIpc) is 2.97. The minimum absolute atomic E-state index is 0.0680. The minimum Gasteiger partial charge on any atom is -0.291 e. The van der Waals surface area contributed by atoms with Crippen LogP contribution in [-0.2, 0) is 15.6 Å². The maximum atomic E-state index is 12.7. The first-order chi connectivity index (χ1) is 11.0. The van der Waals surface area contributed by atoms with Crippen LogP contribution in [0, 0.1) is 0 Å². The Kier molecular flexibility index (Phi) is 4.39. The molecule has 0 aliphatic heterocycles. The van der Waals surface area contributed by atoms with E-state index in [1.807, 2.05) is 0 Å². The van der Waals surface area contributed by atoms with Crippen LogP contribution in [0.1, 0.15) is 5.69 Å². The van der Waals surface area contributed by atoms with Gasteiger partial charge in [-0.2, -0.15) is 0 Å². The molecule has 23 heavy (non-hydrogen) atoms. The summed E-state index contributed by atoms with van der Waals surface area (Å²) in [5.41, 5.74) is 0.978. The number of pyridine rings is 1. The number of rotatable bonds is 4. The topological polar surface area (TPSA) is 64.8 Å². The van der Waals surface area contributed by atoms with Gasteiger partial charge in [-0.3, -0.25) is 4.57 Å². The van der Waals surface area contributed by atoms with Gasteiger partial charge in [-0.05, 0) is 30.3 Å². The first-order valence-electron chi connectivity index (χ1n) is 6.59. The summed E-state index contributed by atoms with van der Waals surface area (Å²) in [5.74, 6) is -0.287. The van der Waals surface area contributed by atoms with Crippen LogP contribution < -0.4 is 0 Å². The maximum absolute atomic E-state index is 12.7. The fraction of sp³-hybridized carbons (Fsp3) is 0.0667.